The lowest BCUT2D eigenvalue weighted by atomic mass is 10.00. The molecule has 128 valence electrons. The Kier molecular flexibility index (Phi) is 4.37. The summed E-state index contributed by atoms with van der Waals surface area (Å²) >= 11 is 0. The number of hydrogen-bond acceptors (Lipinski definition) is 4. The van der Waals surface area contributed by atoms with Crippen molar-refractivity contribution in [3.63, 3.8) is 0 Å². The number of rotatable bonds is 6. The van der Waals surface area contributed by atoms with Crippen molar-refractivity contribution in [3.8, 4) is 0 Å². The molecule has 3 heterocycles. The fourth-order valence-electron chi connectivity index (χ4n) is 3.61. The Bertz CT molecular complexity index is 707. The molecule has 1 saturated carbocycles. The van der Waals surface area contributed by atoms with E-state index in [2.05, 4.69) is 40.1 Å². The molecule has 4 rings (SSSR count). The van der Waals surface area contributed by atoms with Crippen LogP contribution in [-0.4, -0.2) is 39.4 Å². The molecular weight excluding hydrogens is 300 g/mol. The zero-order chi connectivity index (χ0) is 16.5. The predicted molar refractivity (Wildman–Crippen MR) is 92.6 cm³/mol. The topological polar surface area (TPSA) is 43.2 Å². The third kappa shape index (κ3) is 3.37. The summed E-state index contributed by atoms with van der Waals surface area (Å²) in [6.07, 6.45) is 5.73. The highest BCUT2D eigenvalue weighted by Crippen LogP contribution is 2.33. The van der Waals surface area contributed by atoms with E-state index < -0.39 is 0 Å². The van der Waals surface area contributed by atoms with Crippen molar-refractivity contribution < 1.29 is 4.74 Å². The lowest BCUT2D eigenvalue weighted by Crippen LogP contribution is -2.38. The Hall–Kier alpha value is -1.72. The van der Waals surface area contributed by atoms with Gasteiger partial charge in [0.25, 0.3) is 0 Å². The Morgan fingerprint density at radius 1 is 1.25 bits per heavy atom. The van der Waals surface area contributed by atoms with Gasteiger partial charge in [-0.15, -0.1) is 0 Å². The summed E-state index contributed by atoms with van der Waals surface area (Å²) in [5.41, 5.74) is 4.88. The largest absolute Gasteiger partial charge is 0.379 e. The third-order valence-corrected chi connectivity index (χ3v) is 5.13. The van der Waals surface area contributed by atoms with Crippen LogP contribution in [0.1, 0.15) is 41.5 Å². The predicted octanol–water partition coefficient (Wildman–Crippen LogP) is 2.65. The Balaban J connectivity index is 1.53. The van der Waals surface area contributed by atoms with Gasteiger partial charge in [0.1, 0.15) is 0 Å². The fraction of sp³-hybridized carbons (Fsp3) is 0.579. The number of ether oxygens (including phenoxy) is 1. The van der Waals surface area contributed by atoms with E-state index in [-0.39, 0.29) is 6.04 Å². The van der Waals surface area contributed by atoms with Crippen molar-refractivity contribution in [2.24, 2.45) is 13.0 Å². The average Bonchev–Trinajstić information content (AvgIpc) is 3.31. The molecule has 0 bridgehead atoms. The summed E-state index contributed by atoms with van der Waals surface area (Å²) in [6.45, 7) is 5.60. The molecule has 0 unspecified atom stereocenters. The zero-order valence-electron chi connectivity index (χ0n) is 14.6. The van der Waals surface area contributed by atoms with E-state index in [1.165, 1.54) is 24.1 Å². The van der Waals surface area contributed by atoms with Crippen LogP contribution in [0.25, 0.3) is 0 Å². The maximum Gasteiger partial charge on any atom is 0.0760 e. The van der Waals surface area contributed by atoms with Gasteiger partial charge in [0.2, 0.25) is 0 Å². The highest BCUT2D eigenvalue weighted by atomic mass is 16.5. The number of nitrogens with zero attached hydrogens (tertiary/aromatic N) is 4. The van der Waals surface area contributed by atoms with Gasteiger partial charge >= 0.3 is 0 Å². The summed E-state index contributed by atoms with van der Waals surface area (Å²) in [6, 6.07) is 6.53. The SMILES string of the molecule is Cc1cccc(CN2CCc3cnn(C)c3[C@H]2COCC2CC2)n1. The summed E-state index contributed by atoms with van der Waals surface area (Å²) in [4.78, 5) is 7.18. The van der Waals surface area contributed by atoms with Crippen molar-refractivity contribution in [2.45, 2.75) is 38.8 Å². The van der Waals surface area contributed by atoms with Crippen molar-refractivity contribution in [1.29, 1.82) is 0 Å². The first kappa shape index (κ1) is 15.8. The first-order valence-electron chi connectivity index (χ1n) is 8.96. The summed E-state index contributed by atoms with van der Waals surface area (Å²) in [5.74, 6) is 0.798. The fourth-order valence-corrected chi connectivity index (χ4v) is 3.61. The van der Waals surface area contributed by atoms with Gasteiger partial charge < -0.3 is 4.74 Å². The number of aromatic nitrogens is 3. The number of pyridine rings is 1. The van der Waals surface area contributed by atoms with Crippen LogP contribution in [0.15, 0.2) is 24.4 Å². The van der Waals surface area contributed by atoms with E-state index in [9.17, 15) is 0 Å². The quantitative estimate of drug-likeness (QED) is 0.818. The van der Waals surface area contributed by atoms with E-state index in [0.29, 0.717) is 0 Å². The minimum absolute atomic E-state index is 0.266. The van der Waals surface area contributed by atoms with Crippen LogP contribution in [-0.2, 0) is 24.8 Å². The normalized spacial score (nSPS) is 21.0. The average molecular weight is 326 g/mol. The summed E-state index contributed by atoms with van der Waals surface area (Å²) in [5, 5.41) is 4.48. The molecule has 1 aliphatic heterocycles. The van der Waals surface area contributed by atoms with E-state index in [0.717, 1.165) is 50.0 Å². The minimum Gasteiger partial charge on any atom is -0.379 e. The molecule has 2 aromatic rings. The number of aryl methyl sites for hydroxylation is 2. The highest BCUT2D eigenvalue weighted by Gasteiger charge is 2.31. The lowest BCUT2D eigenvalue weighted by Gasteiger charge is -2.35. The summed E-state index contributed by atoms with van der Waals surface area (Å²) in [7, 11) is 2.04. The molecule has 1 atom stereocenters. The van der Waals surface area contributed by atoms with E-state index in [1.54, 1.807) is 0 Å². The van der Waals surface area contributed by atoms with E-state index in [4.69, 9.17) is 4.74 Å². The lowest BCUT2D eigenvalue weighted by molar-refractivity contribution is 0.0407. The van der Waals surface area contributed by atoms with Crippen molar-refractivity contribution in [2.75, 3.05) is 19.8 Å². The van der Waals surface area contributed by atoms with E-state index >= 15 is 0 Å². The molecule has 0 radical (unpaired) electrons. The summed E-state index contributed by atoms with van der Waals surface area (Å²) < 4.78 is 8.09. The maximum atomic E-state index is 6.07. The molecule has 0 amide bonds. The van der Waals surface area contributed by atoms with Crippen LogP contribution in [0.5, 0.6) is 0 Å². The first-order valence-corrected chi connectivity index (χ1v) is 8.96. The monoisotopic (exact) mass is 326 g/mol. The van der Waals surface area contributed by atoms with Gasteiger partial charge in [-0.05, 0) is 49.8 Å². The second kappa shape index (κ2) is 6.65. The smallest absolute Gasteiger partial charge is 0.0760 e. The van der Waals surface area contributed by atoms with Gasteiger partial charge in [0, 0.05) is 32.4 Å². The molecule has 1 aliphatic carbocycles. The Labute approximate surface area is 143 Å². The van der Waals surface area contributed by atoms with E-state index in [1.807, 2.05) is 17.9 Å². The van der Waals surface area contributed by atoms with Crippen LogP contribution in [0.4, 0.5) is 0 Å². The van der Waals surface area contributed by atoms with Crippen LogP contribution < -0.4 is 0 Å². The molecular formula is C19H26N4O. The van der Waals surface area contributed by atoms with Crippen LogP contribution in [0.3, 0.4) is 0 Å². The highest BCUT2D eigenvalue weighted by molar-refractivity contribution is 5.25. The van der Waals surface area contributed by atoms with Gasteiger partial charge in [-0.1, -0.05) is 6.07 Å². The molecule has 0 aromatic carbocycles. The second-order valence-corrected chi connectivity index (χ2v) is 7.17. The van der Waals surface area contributed by atoms with Crippen LogP contribution in [0.2, 0.25) is 0 Å². The molecule has 24 heavy (non-hydrogen) atoms. The number of fused-ring (bicyclic) bond motifs is 1. The molecule has 5 nitrogen and oxygen atoms in total. The molecule has 0 spiro atoms. The molecule has 2 aliphatic rings. The van der Waals surface area contributed by atoms with Gasteiger partial charge in [0.15, 0.2) is 0 Å². The van der Waals surface area contributed by atoms with Crippen molar-refractivity contribution in [3.05, 3.63) is 47.0 Å². The van der Waals surface area contributed by atoms with Crippen molar-refractivity contribution in [1.82, 2.24) is 19.7 Å². The molecule has 1 fully saturated rings. The zero-order valence-corrected chi connectivity index (χ0v) is 14.6. The Morgan fingerprint density at radius 2 is 2.12 bits per heavy atom. The minimum atomic E-state index is 0.266. The molecule has 0 N–H and O–H groups in total. The van der Waals surface area contributed by atoms with Gasteiger partial charge in [-0.2, -0.15) is 5.10 Å². The van der Waals surface area contributed by atoms with Crippen LogP contribution >= 0.6 is 0 Å². The van der Waals surface area contributed by atoms with Gasteiger partial charge in [-0.25, -0.2) is 0 Å². The molecule has 2 aromatic heterocycles. The van der Waals surface area contributed by atoms with Crippen molar-refractivity contribution >= 4 is 0 Å². The second-order valence-electron chi connectivity index (χ2n) is 7.17. The third-order valence-electron chi connectivity index (χ3n) is 5.13. The Morgan fingerprint density at radius 3 is 2.92 bits per heavy atom. The molecule has 0 saturated heterocycles. The maximum absolute atomic E-state index is 6.07. The standard InChI is InChI=1S/C19H26N4O/c1-14-4-3-5-17(21-14)11-23-9-8-16-10-20-22(2)19(16)18(23)13-24-12-15-6-7-15/h3-5,10,15,18H,6-9,11-13H2,1-2H3/t18-/m1/s1. The first-order chi connectivity index (χ1) is 11.7. The van der Waals surface area contributed by atoms with Gasteiger partial charge in [0.05, 0.1) is 30.2 Å². The molecule has 5 heteroatoms. The van der Waals surface area contributed by atoms with Gasteiger partial charge in [-0.3, -0.25) is 14.6 Å². The number of hydrogen-bond donors (Lipinski definition) is 0. The van der Waals surface area contributed by atoms with Crippen LogP contribution in [0, 0.1) is 12.8 Å².